The van der Waals surface area contributed by atoms with Crippen molar-refractivity contribution in [3.8, 4) is 17.2 Å². The van der Waals surface area contributed by atoms with Gasteiger partial charge in [-0.25, -0.2) is 4.79 Å². The minimum absolute atomic E-state index is 0.121. The molecule has 29 heavy (non-hydrogen) atoms. The Kier molecular flexibility index (Phi) is 6.07. The van der Waals surface area contributed by atoms with Crippen molar-refractivity contribution in [2.45, 2.75) is 20.0 Å². The number of carbonyl (C=O) groups is 1. The molecule has 7 heteroatoms. The van der Waals surface area contributed by atoms with Crippen molar-refractivity contribution in [1.82, 2.24) is 0 Å². The van der Waals surface area contributed by atoms with Crippen LogP contribution in [0.4, 0.5) is 0 Å². The van der Waals surface area contributed by atoms with Crippen LogP contribution in [0.15, 0.2) is 45.6 Å². The zero-order chi connectivity index (χ0) is 21.0. The van der Waals surface area contributed by atoms with Crippen molar-refractivity contribution < 1.29 is 28.2 Å². The quantitative estimate of drug-likeness (QED) is 0.561. The maximum atomic E-state index is 12.6. The van der Waals surface area contributed by atoms with Gasteiger partial charge in [0.05, 0.1) is 37.8 Å². The fourth-order valence-electron chi connectivity index (χ4n) is 2.99. The molecule has 2 aromatic carbocycles. The summed E-state index contributed by atoms with van der Waals surface area (Å²) in [6.45, 7) is 1.77. The lowest BCUT2D eigenvalue weighted by atomic mass is 10.1. The number of aryl methyl sites for hydroxylation is 1. The molecule has 0 radical (unpaired) electrons. The first-order valence-electron chi connectivity index (χ1n) is 9.04. The average molecular weight is 398 g/mol. The van der Waals surface area contributed by atoms with Crippen LogP contribution in [0.25, 0.3) is 11.0 Å². The number of rotatable bonds is 7. The molecule has 0 bridgehead atoms. The summed E-state index contributed by atoms with van der Waals surface area (Å²) < 4.78 is 27.1. The number of hydrogen-bond acceptors (Lipinski definition) is 7. The van der Waals surface area contributed by atoms with E-state index in [0.29, 0.717) is 51.5 Å². The van der Waals surface area contributed by atoms with Crippen LogP contribution >= 0.6 is 0 Å². The number of esters is 1. The molecule has 0 aliphatic heterocycles. The van der Waals surface area contributed by atoms with Crippen LogP contribution in [0.5, 0.6) is 17.2 Å². The van der Waals surface area contributed by atoms with Gasteiger partial charge < -0.3 is 23.4 Å². The largest absolute Gasteiger partial charge is 0.496 e. The number of methoxy groups -OCH3 is 3. The third kappa shape index (κ3) is 4.03. The van der Waals surface area contributed by atoms with Crippen molar-refractivity contribution in [1.29, 1.82) is 0 Å². The normalized spacial score (nSPS) is 10.6. The summed E-state index contributed by atoms with van der Waals surface area (Å²) in [6.07, 6.45) is 0.563. The summed E-state index contributed by atoms with van der Waals surface area (Å²) >= 11 is 0. The molecule has 7 nitrogen and oxygen atoms in total. The number of carbonyl (C=O) groups excluding carboxylic acids is 1. The highest BCUT2D eigenvalue weighted by molar-refractivity contribution is 5.90. The molecule has 3 rings (SSSR count). The van der Waals surface area contributed by atoms with E-state index in [2.05, 4.69) is 0 Å². The van der Waals surface area contributed by atoms with E-state index in [9.17, 15) is 9.59 Å². The van der Waals surface area contributed by atoms with Crippen LogP contribution in [0.3, 0.4) is 0 Å². The summed E-state index contributed by atoms with van der Waals surface area (Å²) in [4.78, 5) is 24.9. The van der Waals surface area contributed by atoms with Crippen LogP contribution in [-0.4, -0.2) is 27.3 Å². The molecule has 0 spiro atoms. The van der Waals surface area contributed by atoms with Crippen molar-refractivity contribution in [3.05, 3.63) is 63.5 Å². The van der Waals surface area contributed by atoms with E-state index in [1.807, 2.05) is 6.92 Å². The number of ether oxygens (including phenoxy) is 4. The summed E-state index contributed by atoms with van der Waals surface area (Å²) in [6, 6.07) is 9.51. The molecule has 0 atom stereocenters. The number of hydrogen-bond donors (Lipinski definition) is 0. The van der Waals surface area contributed by atoms with E-state index in [1.165, 1.54) is 33.5 Å². The molecule has 0 saturated heterocycles. The van der Waals surface area contributed by atoms with Crippen molar-refractivity contribution >= 4 is 16.9 Å². The Balaban J connectivity index is 1.94. The molecule has 152 valence electrons. The Morgan fingerprint density at radius 2 is 1.62 bits per heavy atom. The highest BCUT2D eigenvalue weighted by Gasteiger charge is 2.18. The zero-order valence-electron chi connectivity index (χ0n) is 16.7. The predicted molar refractivity (Wildman–Crippen MR) is 107 cm³/mol. The molecule has 3 aromatic rings. The van der Waals surface area contributed by atoms with Gasteiger partial charge in [-0.05, 0) is 30.3 Å². The summed E-state index contributed by atoms with van der Waals surface area (Å²) in [5, 5.41) is 0.403. The van der Waals surface area contributed by atoms with Gasteiger partial charge in [-0.3, -0.25) is 4.79 Å². The SMILES string of the molecule is CCc1cc(=O)c2ccc(OC)c(COC(=O)c3ccc(OC)c(OC)c3)c2o1. The second-order valence-electron chi connectivity index (χ2n) is 6.20. The maximum Gasteiger partial charge on any atom is 0.338 e. The van der Waals surface area contributed by atoms with E-state index in [4.69, 9.17) is 23.4 Å². The van der Waals surface area contributed by atoms with Gasteiger partial charge >= 0.3 is 5.97 Å². The Bertz CT molecular complexity index is 1100. The topological polar surface area (TPSA) is 84.2 Å². The molecule has 1 heterocycles. The standard InChI is InChI=1S/C22H22O7/c1-5-14-11-17(23)15-7-9-18(25-2)16(21(15)29-14)12-28-22(24)13-6-8-19(26-3)20(10-13)27-4/h6-11H,5,12H2,1-4H3. The van der Waals surface area contributed by atoms with Gasteiger partial charge in [-0.15, -0.1) is 0 Å². The summed E-state index contributed by atoms with van der Waals surface area (Å²) in [5.41, 5.74) is 0.996. The van der Waals surface area contributed by atoms with Crippen LogP contribution < -0.4 is 19.6 Å². The minimum atomic E-state index is -0.556. The summed E-state index contributed by atoms with van der Waals surface area (Å²) in [5.74, 6) is 1.38. The monoisotopic (exact) mass is 398 g/mol. The van der Waals surface area contributed by atoms with Crippen molar-refractivity contribution in [2.75, 3.05) is 21.3 Å². The number of benzene rings is 2. The maximum absolute atomic E-state index is 12.6. The predicted octanol–water partition coefficient (Wildman–Crippen LogP) is 3.74. The van der Waals surface area contributed by atoms with E-state index >= 15 is 0 Å². The highest BCUT2D eigenvalue weighted by atomic mass is 16.5. The molecule has 0 saturated carbocycles. The first kappa shape index (κ1) is 20.3. The zero-order valence-corrected chi connectivity index (χ0v) is 16.7. The Labute approximate surface area is 167 Å². The van der Waals surface area contributed by atoms with Crippen LogP contribution in [0.1, 0.15) is 28.6 Å². The van der Waals surface area contributed by atoms with Gasteiger partial charge in [0, 0.05) is 12.5 Å². The lowest BCUT2D eigenvalue weighted by molar-refractivity contribution is 0.0470. The molecule has 0 amide bonds. The fraction of sp³-hybridized carbons (Fsp3) is 0.273. The van der Waals surface area contributed by atoms with Crippen molar-refractivity contribution in [3.63, 3.8) is 0 Å². The minimum Gasteiger partial charge on any atom is -0.496 e. The molecule has 1 aromatic heterocycles. The van der Waals surface area contributed by atoms with E-state index in [1.54, 1.807) is 24.3 Å². The second-order valence-corrected chi connectivity index (χ2v) is 6.20. The summed E-state index contributed by atoms with van der Waals surface area (Å²) in [7, 11) is 4.50. The van der Waals surface area contributed by atoms with Crippen LogP contribution in [0, 0.1) is 0 Å². The number of fused-ring (bicyclic) bond motifs is 1. The van der Waals surface area contributed by atoms with Gasteiger partial charge in [0.25, 0.3) is 0 Å². The van der Waals surface area contributed by atoms with Crippen LogP contribution in [0.2, 0.25) is 0 Å². The molecular formula is C22H22O7. The Morgan fingerprint density at radius 1 is 0.931 bits per heavy atom. The average Bonchev–Trinajstić information content (AvgIpc) is 2.76. The van der Waals surface area contributed by atoms with Crippen LogP contribution in [-0.2, 0) is 17.8 Å². The smallest absolute Gasteiger partial charge is 0.338 e. The molecule has 0 aliphatic rings. The van der Waals surface area contributed by atoms with Crippen molar-refractivity contribution in [2.24, 2.45) is 0 Å². The highest BCUT2D eigenvalue weighted by Crippen LogP contribution is 2.30. The lowest BCUT2D eigenvalue weighted by Crippen LogP contribution is -2.09. The second kappa shape index (κ2) is 8.68. The molecule has 0 N–H and O–H groups in total. The Morgan fingerprint density at radius 3 is 2.28 bits per heavy atom. The third-order valence-corrected chi connectivity index (χ3v) is 4.54. The van der Waals surface area contributed by atoms with Gasteiger partial charge in [0.1, 0.15) is 23.7 Å². The first-order chi connectivity index (χ1) is 14.0. The van der Waals surface area contributed by atoms with E-state index in [-0.39, 0.29) is 12.0 Å². The van der Waals surface area contributed by atoms with E-state index in [0.717, 1.165) is 0 Å². The Hall–Kier alpha value is -3.48. The molecular weight excluding hydrogens is 376 g/mol. The van der Waals surface area contributed by atoms with Gasteiger partial charge in [-0.1, -0.05) is 6.92 Å². The molecule has 0 fully saturated rings. The van der Waals surface area contributed by atoms with Gasteiger partial charge in [0.15, 0.2) is 16.9 Å². The molecule has 0 unspecified atom stereocenters. The van der Waals surface area contributed by atoms with Gasteiger partial charge in [0.2, 0.25) is 0 Å². The fourth-order valence-corrected chi connectivity index (χ4v) is 2.99. The third-order valence-electron chi connectivity index (χ3n) is 4.54. The van der Waals surface area contributed by atoms with E-state index < -0.39 is 5.97 Å². The van der Waals surface area contributed by atoms with Gasteiger partial charge in [-0.2, -0.15) is 0 Å². The first-order valence-corrected chi connectivity index (χ1v) is 9.04. The lowest BCUT2D eigenvalue weighted by Gasteiger charge is -2.13. The molecule has 0 aliphatic carbocycles.